The first-order chi connectivity index (χ1) is 13.1. The minimum Gasteiger partial charge on any atom is -0.491 e. The Morgan fingerprint density at radius 2 is 1.81 bits per heavy atom. The van der Waals surface area contributed by atoms with E-state index >= 15 is 0 Å². The average molecular weight is 365 g/mol. The highest BCUT2D eigenvalue weighted by molar-refractivity contribution is 5.76. The van der Waals surface area contributed by atoms with E-state index in [1.54, 1.807) is 0 Å². The number of hydrogen-bond donors (Lipinski definition) is 1. The van der Waals surface area contributed by atoms with E-state index in [0.717, 1.165) is 16.9 Å². The van der Waals surface area contributed by atoms with Crippen LogP contribution in [0.15, 0.2) is 59.0 Å². The number of rotatable bonds is 8. The first-order valence-electron chi connectivity index (χ1n) is 9.00. The summed E-state index contributed by atoms with van der Waals surface area (Å²) < 4.78 is 11.2. The first-order valence-corrected chi connectivity index (χ1v) is 9.00. The van der Waals surface area contributed by atoms with Gasteiger partial charge in [0.15, 0.2) is 0 Å². The molecule has 27 heavy (non-hydrogen) atoms. The summed E-state index contributed by atoms with van der Waals surface area (Å²) in [6, 6.07) is 17.3. The summed E-state index contributed by atoms with van der Waals surface area (Å²) in [4.78, 5) is 12.1. The minimum absolute atomic E-state index is 0.0584. The lowest BCUT2D eigenvalue weighted by molar-refractivity contribution is -0.121. The van der Waals surface area contributed by atoms with Crippen molar-refractivity contribution in [3.63, 3.8) is 0 Å². The summed E-state index contributed by atoms with van der Waals surface area (Å²) in [5.41, 5.74) is 1.88. The van der Waals surface area contributed by atoms with Crippen molar-refractivity contribution in [3.05, 3.63) is 66.1 Å². The average Bonchev–Trinajstić information content (AvgIpc) is 3.15. The molecule has 6 heteroatoms. The fraction of sp³-hybridized carbons (Fsp3) is 0.286. The van der Waals surface area contributed by atoms with Crippen LogP contribution in [0.2, 0.25) is 0 Å². The van der Waals surface area contributed by atoms with E-state index in [-0.39, 0.29) is 12.0 Å². The van der Waals surface area contributed by atoms with Crippen LogP contribution < -0.4 is 10.1 Å². The third-order valence-corrected chi connectivity index (χ3v) is 3.84. The second-order valence-corrected chi connectivity index (χ2v) is 6.45. The van der Waals surface area contributed by atoms with Crippen LogP contribution in [0.25, 0.3) is 11.5 Å². The summed E-state index contributed by atoms with van der Waals surface area (Å²) in [5.74, 6) is 1.69. The summed E-state index contributed by atoms with van der Waals surface area (Å²) in [6.07, 6.45) is 0.848. The Morgan fingerprint density at radius 1 is 1.07 bits per heavy atom. The van der Waals surface area contributed by atoms with Gasteiger partial charge in [-0.15, -0.1) is 10.2 Å². The molecule has 2 aromatic carbocycles. The van der Waals surface area contributed by atoms with Crippen molar-refractivity contribution in [1.29, 1.82) is 0 Å². The van der Waals surface area contributed by atoms with Crippen LogP contribution in [0.1, 0.15) is 31.7 Å². The number of carbonyl (C=O) groups excluding carboxylic acids is 1. The van der Waals surface area contributed by atoms with E-state index in [1.807, 2.05) is 68.4 Å². The van der Waals surface area contributed by atoms with Crippen molar-refractivity contribution in [2.45, 2.75) is 39.3 Å². The van der Waals surface area contributed by atoms with Crippen LogP contribution in [0.3, 0.4) is 0 Å². The molecular weight excluding hydrogens is 342 g/mol. The lowest BCUT2D eigenvalue weighted by atomic mass is 10.2. The van der Waals surface area contributed by atoms with Gasteiger partial charge in [0.25, 0.3) is 0 Å². The molecule has 6 nitrogen and oxygen atoms in total. The minimum atomic E-state index is -0.0584. The van der Waals surface area contributed by atoms with Crippen LogP contribution in [0, 0.1) is 0 Å². The maximum atomic E-state index is 12.1. The predicted molar refractivity (Wildman–Crippen MR) is 102 cm³/mol. The van der Waals surface area contributed by atoms with Gasteiger partial charge in [0.1, 0.15) is 5.75 Å². The fourth-order valence-electron chi connectivity index (χ4n) is 2.52. The smallest absolute Gasteiger partial charge is 0.247 e. The standard InChI is InChI=1S/C21H23N3O3/c1-15(2)26-18-10-8-16(9-11-18)14-22-19(25)12-13-20-23-24-21(27-20)17-6-4-3-5-7-17/h3-11,15H,12-14H2,1-2H3,(H,22,25). The molecule has 1 aromatic heterocycles. The number of nitrogens with one attached hydrogen (secondary N) is 1. The maximum absolute atomic E-state index is 12.1. The van der Waals surface area contributed by atoms with E-state index in [0.29, 0.717) is 31.2 Å². The number of carbonyl (C=O) groups is 1. The van der Waals surface area contributed by atoms with Crippen LogP contribution in [-0.4, -0.2) is 22.2 Å². The van der Waals surface area contributed by atoms with Crippen molar-refractivity contribution in [1.82, 2.24) is 15.5 Å². The lowest BCUT2D eigenvalue weighted by Gasteiger charge is -2.10. The Kier molecular flexibility index (Phi) is 6.20. The second kappa shape index (κ2) is 8.98. The van der Waals surface area contributed by atoms with E-state index in [9.17, 15) is 4.79 Å². The molecule has 0 aliphatic heterocycles. The number of nitrogens with zero attached hydrogens (tertiary/aromatic N) is 2. The van der Waals surface area contributed by atoms with Gasteiger partial charge in [-0.1, -0.05) is 30.3 Å². The number of aryl methyl sites for hydroxylation is 1. The van der Waals surface area contributed by atoms with E-state index in [4.69, 9.17) is 9.15 Å². The second-order valence-electron chi connectivity index (χ2n) is 6.45. The maximum Gasteiger partial charge on any atom is 0.247 e. The van der Waals surface area contributed by atoms with Crippen LogP contribution in [-0.2, 0) is 17.8 Å². The van der Waals surface area contributed by atoms with Crippen LogP contribution >= 0.6 is 0 Å². The van der Waals surface area contributed by atoms with Crippen LogP contribution in [0.4, 0.5) is 0 Å². The predicted octanol–water partition coefficient (Wildman–Crippen LogP) is 3.77. The molecule has 1 N–H and O–H groups in total. The zero-order valence-corrected chi connectivity index (χ0v) is 15.5. The van der Waals surface area contributed by atoms with Crippen LogP contribution in [0.5, 0.6) is 5.75 Å². The monoisotopic (exact) mass is 365 g/mol. The number of hydrogen-bond acceptors (Lipinski definition) is 5. The largest absolute Gasteiger partial charge is 0.491 e. The highest BCUT2D eigenvalue weighted by Crippen LogP contribution is 2.17. The molecule has 0 aliphatic carbocycles. The number of aromatic nitrogens is 2. The van der Waals surface area contributed by atoms with Gasteiger partial charge in [-0.25, -0.2) is 0 Å². The number of benzene rings is 2. The van der Waals surface area contributed by atoms with Gasteiger partial charge in [-0.3, -0.25) is 4.79 Å². The van der Waals surface area contributed by atoms with Gasteiger partial charge < -0.3 is 14.5 Å². The Bertz CT molecular complexity index is 858. The van der Waals surface area contributed by atoms with Crippen molar-refractivity contribution in [2.75, 3.05) is 0 Å². The summed E-state index contributed by atoms with van der Waals surface area (Å²) in [5, 5.41) is 10.9. The molecule has 0 radical (unpaired) electrons. The van der Waals surface area contributed by atoms with E-state index in [1.165, 1.54) is 0 Å². The Hall–Kier alpha value is -3.15. The Balaban J connectivity index is 1.44. The third kappa shape index (κ3) is 5.67. The highest BCUT2D eigenvalue weighted by atomic mass is 16.5. The van der Waals surface area contributed by atoms with Gasteiger partial charge in [0, 0.05) is 24.9 Å². The normalized spacial score (nSPS) is 10.8. The molecule has 1 amide bonds. The van der Waals surface area contributed by atoms with Crippen molar-refractivity contribution >= 4 is 5.91 Å². The molecule has 0 aliphatic rings. The number of ether oxygens (including phenoxy) is 1. The van der Waals surface area contributed by atoms with E-state index < -0.39 is 0 Å². The van der Waals surface area contributed by atoms with E-state index in [2.05, 4.69) is 15.5 Å². The number of amides is 1. The lowest BCUT2D eigenvalue weighted by Crippen LogP contribution is -2.23. The molecule has 140 valence electrons. The van der Waals surface area contributed by atoms with Crippen molar-refractivity contribution in [2.24, 2.45) is 0 Å². The van der Waals surface area contributed by atoms with Crippen molar-refractivity contribution < 1.29 is 13.9 Å². The first kappa shape index (κ1) is 18.6. The van der Waals surface area contributed by atoms with Gasteiger partial charge in [-0.2, -0.15) is 0 Å². The molecule has 0 atom stereocenters. The summed E-state index contributed by atoms with van der Waals surface area (Å²) >= 11 is 0. The zero-order valence-electron chi connectivity index (χ0n) is 15.5. The molecule has 0 saturated carbocycles. The zero-order chi connectivity index (χ0) is 19.1. The molecule has 0 fully saturated rings. The summed E-state index contributed by atoms with van der Waals surface area (Å²) in [7, 11) is 0. The topological polar surface area (TPSA) is 77.2 Å². The molecule has 0 unspecified atom stereocenters. The quantitative estimate of drug-likeness (QED) is 0.657. The highest BCUT2D eigenvalue weighted by Gasteiger charge is 2.10. The molecule has 1 heterocycles. The SMILES string of the molecule is CC(C)Oc1ccc(CNC(=O)CCc2nnc(-c3ccccc3)o2)cc1. The summed E-state index contributed by atoms with van der Waals surface area (Å²) in [6.45, 7) is 4.45. The molecular formula is C21H23N3O3. The Labute approximate surface area is 158 Å². The van der Waals surface area contributed by atoms with Crippen molar-refractivity contribution in [3.8, 4) is 17.2 Å². The molecule has 0 bridgehead atoms. The fourth-order valence-corrected chi connectivity index (χ4v) is 2.52. The van der Waals surface area contributed by atoms with Gasteiger partial charge >= 0.3 is 0 Å². The van der Waals surface area contributed by atoms with Gasteiger partial charge in [0.05, 0.1) is 6.10 Å². The third-order valence-electron chi connectivity index (χ3n) is 3.84. The van der Waals surface area contributed by atoms with Gasteiger partial charge in [0.2, 0.25) is 17.7 Å². The molecule has 3 rings (SSSR count). The Morgan fingerprint density at radius 3 is 2.52 bits per heavy atom. The molecule has 0 spiro atoms. The molecule has 0 saturated heterocycles. The van der Waals surface area contributed by atoms with Gasteiger partial charge in [-0.05, 0) is 43.7 Å². The molecule has 3 aromatic rings.